The summed E-state index contributed by atoms with van der Waals surface area (Å²) in [7, 11) is 1.57. The molecular weight excluding hydrogens is 429 g/mol. The lowest BCUT2D eigenvalue weighted by Gasteiger charge is -2.16. The zero-order chi connectivity index (χ0) is 23.1. The zero-order valence-electron chi connectivity index (χ0n) is 18.1. The first kappa shape index (κ1) is 23.2. The van der Waals surface area contributed by atoms with Crippen LogP contribution in [0.3, 0.4) is 0 Å². The molecule has 1 N–H and O–H groups in total. The fourth-order valence-corrected chi connectivity index (χ4v) is 3.48. The van der Waals surface area contributed by atoms with Crippen molar-refractivity contribution in [3.63, 3.8) is 0 Å². The van der Waals surface area contributed by atoms with Gasteiger partial charge < -0.3 is 10.1 Å². The summed E-state index contributed by atoms with van der Waals surface area (Å²) in [5.41, 5.74) is 2.04. The average molecular weight is 454 g/mol. The monoisotopic (exact) mass is 453 g/mol. The van der Waals surface area contributed by atoms with Crippen molar-refractivity contribution in [2.45, 2.75) is 19.3 Å². The molecule has 0 saturated carbocycles. The highest BCUT2D eigenvalue weighted by Gasteiger charge is 2.21. The van der Waals surface area contributed by atoms with E-state index in [1.807, 2.05) is 12.3 Å². The molecule has 0 aliphatic heterocycles. The van der Waals surface area contributed by atoms with Crippen molar-refractivity contribution < 1.29 is 13.9 Å². The molecule has 0 saturated heterocycles. The maximum Gasteiger partial charge on any atom is 0.233 e. The van der Waals surface area contributed by atoms with E-state index in [1.54, 1.807) is 55.4 Å². The van der Waals surface area contributed by atoms with Gasteiger partial charge in [0.2, 0.25) is 5.91 Å². The van der Waals surface area contributed by atoms with Gasteiger partial charge in [0.1, 0.15) is 29.4 Å². The number of aliphatic imine (C=N–C) groups is 1. The predicted molar refractivity (Wildman–Crippen MR) is 125 cm³/mol. The smallest absolute Gasteiger partial charge is 0.233 e. The van der Waals surface area contributed by atoms with Crippen molar-refractivity contribution in [1.29, 1.82) is 0 Å². The number of rotatable bonds is 7. The molecule has 1 amide bonds. The SMILES string of the molecule is C=CCC(C(=O)NC(=Nc1ccc(-n2cnc(C)n2)c(OC)c1)SC)c1ccc(F)cc1. The number of carbonyl (C=O) groups is 1. The van der Waals surface area contributed by atoms with Crippen molar-refractivity contribution in [2.75, 3.05) is 13.4 Å². The summed E-state index contributed by atoms with van der Waals surface area (Å²) in [5, 5.41) is 7.60. The summed E-state index contributed by atoms with van der Waals surface area (Å²) in [6.07, 6.45) is 5.51. The number of carbonyl (C=O) groups excluding carboxylic acids is 1. The number of hydrogen-bond donors (Lipinski definition) is 1. The van der Waals surface area contributed by atoms with E-state index < -0.39 is 5.92 Å². The summed E-state index contributed by atoms with van der Waals surface area (Å²) >= 11 is 1.31. The molecule has 2 aromatic carbocycles. The summed E-state index contributed by atoms with van der Waals surface area (Å²) < 4.78 is 20.4. The molecule has 1 atom stereocenters. The van der Waals surface area contributed by atoms with E-state index in [0.717, 1.165) is 5.69 Å². The zero-order valence-corrected chi connectivity index (χ0v) is 18.9. The van der Waals surface area contributed by atoms with Gasteiger partial charge in [0.25, 0.3) is 0 Å². The number of hydrogen-bond acceptors (Lipinski definition) is 6. The van der Waals surface area contributed by atoms with Crippen LogP contribution in [0.25, 0.3) is 5.69 Å². The topological polar surface area (TPSA) is 81.4 Å². The van der Waals surface area contributed by atoms with Crippen LogP contribution in [-0.4, -0.2) is 39.2 Å². The van der Waals surface area contributed by atoms with Gasteiger partial charge >= 0.3 is 0 Å². The molecule has 3 rings (SSSR count). The minimum absolute atomic E-state index is 0.244. The van der Waals surface area contributed by atoms with Gasteiger partial charge in [-0.15, -0.1) is 6.58 Å². The normalized spacial score (nSPS) is 12.3. The van der Waals surface area contributed by atoms with Gasteiger partial charge in [-0.05, 0) is 49.4 Å². The molecule has 0 aliphatic carbocycles. The number of nitrogens with zero attached hydrogens (tertiary/aromatic N) is 4. The number of amides is 1. The Kier molecular flexibility index (Phi) is 7.77. The highest BCUT2D eigenvalue weighted by atomic mass is 32.2. The van der Waals surface area contributed by atoms with Gasteiger partial charge in [-0.3, -0.25) is 4.79 Å². The van der Waals surface area contributed by atoms with Crippen LogP contribution in [0.4, 0.5) is 10.1 Å². The largest absolute Gasteiger partial charge is 0.494 e. The lowest BCUT2D eigenvalue weighted by atomic mass is 9.95. The van der Waals surface area contributed by atoms with E-state index in [1.165, 1.54) is 23.9 Å². The number of ether oxygens (including phenoxy) is 1. The first-order chi connectivity index (χ1) is 15.4. The Bertz CT molecular complexity index is 1130. The van der Waals surface area contributed by atoms with Gasteiger partial charge in [0.05, 0.1) is 18.7 Å². The standard InChI is InChI=1S/C23H24FN5O2S/c1-5-6-19(16-7-9-17(24)10-8-16)22(30)27-23(32-4)26-18-11-12-20(21(13-18)31-3)29-14-25-15(2)28-29/h5,7-14,19H,1,6H2,2-4H3,(H,26,27,30). The summed E-state index contributed by atoms with van der Waals surface area (Å²) in [6, 6.07) is 11.3. The lowest BCUT2D eigenvalue weighted by Crippen LogP contribution is -2.32. The molecule has 32 heavy (non-hydrogen) atoms. The Morgan fingerprint density at radius 3 is 2.69 bits per heavy atom. The Balaban J connectivity index is 1.83. The van der Waals surface area contributed by atoms with Crippen molar-refractivity contribution in [1.82, 2.24) is 20.1 Å². The van der Waals surface area contributed by atoms with Crippen LogP contribution in [-0.2, 0) is 4.79 Å². The van der Waals surface area contributed by atoms with E-state index in [-0.39, 0.29) is 11.7 Å². The van der Waals surface area contributed by atoms with Crippen molar-refractivity contribution in [3.05, 3.63) is 78.7 Å². The second kappa shape index (κ2) is 10.7. The highest BCUT2D eigenvalue weighted by molar-refractivity contribution is 8.13. The molecule has 0 fully saturated rings. The van der Waals surface area contributed by atoms with Crippen LogP contribution in [0.5, 0.6) is 5.75 Å². The molecule has 0 radical (unpaired) electrons. The van der Waals surface area contributed by atoms with Gasteiger partial charge in [-0.2, -0.15) is 5.10 Å². The second-order valence-electron chi connectivity index (χ2n) is 6.83. The van der Waals surface area contributed by atoms with Crippen LogP contribution in [0, 0.1) is 12.7 Å². The number of benzene rings is 2. The van der Waals surface area contributed by atoms with E-state index >= 15 is 0 Å². The Morgan fingerprint density at radius 2 is 2.09 bits per heavy atom. The third kappa shape index (κ3) is 5.61. The maximum atomic E-state index is 13.3. The molecule has 9 heteroatoms. The third-order valence-electron chi connectivity index (χ3n) is 4.66. The van der Waals surface area contributed by atoms with Gasteiger partial charge in [0.15, 0.2) is 5.17 Å². The molecule has 1 heterocycles. The minimum Gasteiger partial charge on any atom is -0.494 e. The van der Waals surface area contributed by atoms with E-state index in [2.05, 4.69) is 27.0 Å². The minimum atomic E-state index is -0.502. The summed E-state index contributed by atoms with van der Waals surface area (Å²) in [4.78, 5) is 21.6. The fourth-order valence-electron chi connectivity index (χ4n) is 3.08. The van der Waals surface area contributed by atoms with Crippen LogP contribution in [0.2, 0.25) is 0 Å². The van der Waals surface area contributed by atoms with Gasteiger partial charge in [-0.1, -0.05) is 30.0 Å². The first-order valence-corrected chi connectivity index (χ1v) is 11.0. The van der Waals surface area contributed by atoms with Crippen LogP contribution < -0.4 is 10.1 Å². The summed E-state index contributed by atoms with van der Waals surface area (Å²) in [5.74, 6) is 0.121. The molecule has 7 nitrogen and oxygen atoms in total. The quantitative estimate of drug-likeness (QED) is 0.322. The van der Waals surface area contributed by atoms with Crippen LogP contribution in [0.15, 0.2) is 66.4 Å². The van der Waals surface area contributed by atoms with Gasteiger partial charge in [-0.25, -0.2) is 19.0 Å². The highest BCUT2D eigenvalue weighted by Crippen LogP contribution is 2.28. The number of aromatic nitrogens is 3. The fraction of sp³-hybridized carbons (Fsp3) is 0.217. The Labute approximate surface area is 190 Å². The van der Waals surface area contributed by atoms with Crippen molar-refractivity contribution in [2.24, 2.45) is 4.99 Å². The number of amidine groups is 1. The molecule has 0 aliphatic rings. The molecule has 1 unspecified atom stereocenters. The van der Waals surface area contributed by atoms with Crippen LogP contribution >= 0.6 is 11.8 Å². The predicted octanol–water partition coefficient (Wildman–Crippen LogP) is 4.55. The summed E-state index contributed by atoms with van der Waals surface area (Å²) in [6.45, 7) is 5.54. The molecular formula is C23H24FN5O2S. The van der Waals surface area contributed by atoms with E-state index in [0.29, 0.717) is 34.4 Å². The van der Waals surface area contributed by atoms with E-state index in [9.17, 15) is 9.18 Å². The first-order valence-electron chi connectivity index (χ1n) is 9.81. The number of thioether (sulfide) groups is 1. The lowest BCUT2D eigenvalue weighted by molar-refractivity contribution is -0.121. The van der Waals surface area contributed by atoms with E-state index in [4.69, 9.17) is 4.74 Å². The number of nitrogens with one attached hydrogen (secondary N) is 1. The molecule has 0 spiro atoms. The van der Waals surface area contributed by atoms with Crippen LogP contribution in [0.1, 0.15) is 23.7 Å². The number of methoxy groups -OCH3 is 1. The molecule has 0 bridgehead atoms. The molecule has 166 valence electrons. The maximum absolute atomic E-state index is 13.3. The van der Waals surface area contributed by atoms with Crippen molar-refractivity contribution >= 4 is 28.5 Å². The Hall–Kier alpha value is -3.46. The van der Waals surface area contributed by atoms with Crippen molar-refractivity contribution in [3.8, 4) is 11.4 Å². The van der Waals surface area contributed by atoms with Gasteiger partial charge in [0, 0.05) is 6.07 Å². The number of allylic oxidation sites excluding steroid dienone is 1. The molecule has 3 aromatic rings. The molecule has 1 aromatic heterocycles. The third-order valence-corrected chi connectivity index (χ3v) is 5.24. The average Bonchev–Trinajstić information content (AvgIpc) is 3.23. The second-order valence-corrected chi connectivity index (χ2v) is 7.63. The number of aryl methyl sites for hydroxylation is 1. The number of halogens is 1. The Morgan fingerprint density at radius 1 is 1.34 bits per heavy atom.